The van der Waals surface area contributed by atoms with Gasteiger partial charge in [-0.2, -0.15) is 16.4 Å². The molecule has 1 fully saturated rings. The van der Waals surface area contributed by atoms with E-state index in [4.69, 9.17) is 0 Å². The Labute approximate surface area is 128 Å². The van der Waals surface area contributed by atoms with Gasteiger partial charge in [0.05, 0.1) is 12.1 Å². The van der Waals surface area contributed by atoms with E-state index in [1.165, 1.54) is 5.56 Å². The Balaban J connectivity index is 1.55. The highest BCUT2D eigenvalue weighted by atomic mass is 32.1. The monoisotopic (exact) mass is 304 g/mol. The lowest BCUT2D eigenvalue weighted by molar-refractivity contribution is -0.124. The van der Waals surface area contributed by atoms with Crippen LogP contribution in [0.1, 0.15) is 17.0 Å². The highest BCUT2D eigenvalue weighted by Crippen LogP contribution is 2.27. The second-order valence-corrected chi connectivity index (χ2v) is 6.27. The van der Waals surface area contributed by atoms with Crippen LogP contribution in [-0.2, 0) is 18.3 Å². The van der Waals surface area contributed by atoms with Crippen molar-refractivity contribution >= 4 is 17.2 Å². The molecule has 0 bridgehead atoms. The fraction of sp³-hybridized carbons (Fsp3) is 0.467. The summed E-state index contributed by atoms with van der Waals surface area (Å²) in [6.45, 7) is 2.28. The first-order chi connectivity index (χ1) is 10.2. The molecule has 2 atom stereocenters. The highest BCUT2D eigenvalue weighted by molar-refractivity contribution is 7.07. The summed E-state index contributed by atoms with van der Waals surface area (Å²) < 4.78 is 1.79. The van der Waals surface area contributed by atoms with Crippen LogP contribution in [0.25, 0.3) is 0 Å². The lowest BCUT2D eigenvalue weighted by Gasteiger charge is -2.16. The number of nitrogens with one attached hydrogen (secondary N) is 2. The van der Waals surface area contributed by atoms with Crippen molar-refractivity contribution in [1.82, 2.24) is 20.4 Å². The van der Waals surface area contributed by atoms with Gasteiger partial charge in [-0.25, -0.2) is 0 Å². The molecule has 5 nitrogen and oxygen atoms in total. The van der Waals surface area contributed by atoms with Crippen LogP contribution in [-0.4, -0.2) is 35.3 Å². The van der Waals surface area contributed by atoms with Gasteiger partial charge in [-0.15, -0.1) is 0 Å². The maximum atomic E-state index is 12.4. The topological polar surface area (TPSA) is 59.0 Å². The van der Waals surface area contributed by atoms with E-state index in [1.807, 2.05) is 19.4 Å². The van der Waals surface area contributed by atoms with Gasteiger partial charge in [0.25, 0.3) is 0 Å². The van der Waals surface area contributed by atoms with E-state index in [9.17, 15) is 4.79 Å². The van der Waals surface area contributed by atoms with Crippen LogP contribution in [0.5, 0.6) is 0 Å². The van der Waals surface area contributed by atoms with Crippen molar-refractivity contribution in [1.29, 1.82) is 0 Å². The van der Waals surface area contributed by atoms with Gasteiger partial charge in [0.1, 0.15) is 0 Å². The van der Waals surface area contributed by atoms with Gasteiger partial charge in [-0.1, -0.05) is 0 Å². The Morgan fingerprint density at radius 1 is 1.57 bits per heavy atom. The van der Waals surface area contributed by atoms with Gasteiger partial charge in [-0.3, -0.25) is 9.48 Å². The number of carbonyl (C=O) groups is 1. The van der Waals surface area contributed by atoms with Crippen molar-refractivity contribution in [3.63, 3.8) is 0 Å². The fourth-order valence-corrected chi connectivity index (χ4v) is 3.54. The first-order valence-corrected chi connectivity index (χ1v) is 8.16. The zero-order valence-electron chi connectivity index (χ0n) is 12.1. The molecule has 1 amide bonds. The van der Waals surface area contributed by atoms with Crippen molar-refractivity contribution in [2.24, 2.45) is 13.0 Å². The van der Waals surface area contributed by atoms with Crippen molar-refractivity contribution in [2.45, 2.75) is 12.3 Å². The second-order valence-electron chi connectivity index (χ2n) is 5.49. The van der Waals surface area contributed by atoms with Crippen LogP contribution >= 0.6 is 11.3 Å². The summed E-state index contributed by atoms with van der Waals surface area (Å²) in [6, 6.07) is 2.10. The molecule has 112 valence electrons. The van der Waals surface area contributed by atoms with E-state index in [2.05, 4.69) is 32.6 Å². The van der Waals surface area contributed by atoms with Crippen LogP contribution in [0.2, 0.25) is 0 Å². The van der Waals surface area contributed by atoms with Crippen LogP contribution in [0.15, 0.2) is 29.2 Å². The Bertz CT molecular complexity index is 593. The fourth-order valence-electron chi connectivity index (χ4n) is 2.83. The first kappa shape index (κ1) is 14.3. The van der Waals surface area contributed by atoms with Gasteiger partial charge in [-0.05, 0) is 34.4 Å². The summed E-state index contributed by atoms with van der Waals surface area (Å²) in [7, 11) is 1.90. The summed E-state index contributed by atoms with van der Waals surface area (Å²) in [5.74, 6) is 0.362. The molecule has 0 radical (unpaired) electrons. The van der Waals surface area contributed by atoms with Gasteiger partial charge in [0, 0.05) is 38.8 Å². The predicted octanol–water partition coefficient (Wildman–Crippen LogP) is 1.14. The molecule has 2 aromatic rings. The minimum atomic E-state index is -0.00308. The van der Waals surface area contributed by atoms with E-state index in [0.717, 1.165) is 25.1 Å². The molecule has 1 saturated heterocycles. The maximum absolute atomic E-state index is 12.4. The molecule has 2 N–H and O–H groups in total. The Hall–Kier alpha value is -1.66. The molecule has 0 unspecified atom stereocenters. The molecule has 6 heteroatoms. The molecule has 1 aliphatic rings. The minimum Gasteiger partial charge on any atom is -0.355 e. The van der Waals surface area contributed by atoms with Gasteiger partial charge in [0.2, 0.25) is 5.91 Å². The number of hydrogen-bond acceptors (Lipinski definition) is 4. The number of carbonyl (C=O) groups excluding carboxylic acids is 1. The third kappa shape index (κ3) is 3.33. The number of hydrogen-bond donors (Lipinski definition) is 2. The molecular weight excluding hydrogens is 284 g/mol. The van der Waals surface area contributed by atoms with Crippen LogP contribution in [0, 0.1) is 5.92 Å². The average molecular weight is 304 g/mol. The summed E-state index contributed by atoms with van der Waals surface area (Å²) in [5.41, 5.74) is 2.43. The number of nitrogens with zero attached hydrogens (tertiary/aromatic N) is 2. The minimum absolute atomic E-state index is 0.00308. The van der Waals surface area contributed by atoms with Gasteiger partial charge in [0.15, 0.2) is 0 Å². The number of aryl methyl sites for hydroxylation is 1. The Morgan fingerprint density at radius 2 is 2.48 bits per heavy atom. The predicted molar refractivity (Wildman–Crippen MR) is 83.3 cm³/mol. The molecule has 0 aromatic carbocycles. The molecule has 3 heterocycles. The molecule has 21 heavy (non-hydrogen) atoms. The Kier molecular flexibility index (Phi) is 4.36. The SMILES string of the molecule is Cn1cc([C@H]2CNC[C@@H]2C(=O)NCCc2ccsc2)cn1. The van der Waals surface area contributed by atoms with Crippen molar-refractivity contribution in [3.8, 4) is 0 Å². The number of amides is 1. The normalized spacial score (nSPS) is 21.6. The van der Waals surface area contributed by atoms with E-state index < -0.39 is 0 Å². The molecule has 2 aromatic heterocycles. The smallest absolute Gasteiger partial charge is 0.225 e. The Morgan fingerprint density at radius 3 is 3.19 bits per heavy atom. The molecule has 1 aliphatic heterocycles. The molecule has 3 rings (SSSR count). The zero-order chi connectivity index (χ0) is 14.7. The number of aromatic nitrogens is 2. The number of rotatable bonds is 5. The quantitative estimate of drug-likeness (QED) is 0.871. The van der Waals surface area contributed by atoms with E-state index >= 15 is 0 Å². The number of thiophene rings is 1. The summed E-state index contributed by atoms with van der Waals surface area (Å²) in [6.07, 6.45) is 4.76. The first-order valence-electron chi connectivity index (χ1n) is 7.22. The van der Waals surface area contributed by atoms with Crippen molar-refractivity contribution < 1.29 is 4.79 Å². The lowest BCUT2D eigenvalue weighted by Crippen LogP contribution is -2.35. The van der Waals surface area contributed by atoms with E-state index in [0.29, 0.717) is 6.54 Å². The van der Waals surface area contributed by atoms with Crippen LogP contribution < -0.4 is 10.6 Å². The van der Waals surface area contributed by atoms with Gasteiger partial charge >= 0.3 is 0 Å². The van der Waals surface area contributed by atoms with Gasteiger partial charge < -0.3 is 10.6 Å². The third-order valence-corrected chi connectivity index (χ3v) is 4.73. The van der Waals surface area contributed by atoms with Crippen LogP contribution in [0.3, 0.4) is 0 Å². The second kappa shape index (κ2) is 6.41. The van der Waals surface area contributed by atoms with E-state index in [-0.39, 0.29) is 17.7 Å². The highest BCUT2D eigenvalue weighted by Gasteiger charge is 2.34. The molecule has 0 spiro atoms. The van der Waals surface area contributed by atoms with Crippen molar-refractivity contribution in [3.05, 3.63) is 40.3 Å². The van der Waals surface area contributed by atoms with E-state index in [1.54, 1.807) is 16.0 Å². The summed E-state index contributed by atoms with van der Waals surface area (Å²) >= 11 is 1.69. The molecule has 0 saturated carbocycles. The zero-order valence-corrected chi connectivity index (χ0v) is 12.9. The molecular formula is C15H20N4OS. The summed E-state index contributed by atoms with van der Waals surface area (Å²) in [4.78, 5) is 12.4. The third-order valence-electron chi connectivity index (χ3n) is 4.00. The standard InChI is InChI=1S/C15H20N4OS/c1-19-9-12(6-18-19)13-7-16-8-14(13)15(20)17-4-2-11-3-5-21-10-11/h3,5-6,9-10,13-14,16H,2,4,7-8H2,1H3,(H,17,20)/t13-,14+/m1/s1. The largest absolute Gasteiger partial charge is 0.355 e. The van der Waals surface area contributed by atoms with Crippen molar-refractivity contribution in [2.75, 3.05) is 19.6 Å². The summed E-state index contributed by atoms with van der Waals surface area (Å²) in [5, 5.41) is 14.8. The molecule has 0 aliphatic carbocycles. The van der Waals surface area contributed by atoms with Crippen LogP contribution in [0.4, 0.5) is 0 Å². The lowest BCUT2D eigenvalue weighted by atomic mass is 9.90. The average Bonchev–Trinajstić information content (AvgIpc) is 3.18. The maximum Gasteiger partial charge on any atom is 0.225 e.